The first kappa shape index (κ1) is 9.93. The van der Waals surface area contributed by atoms with Gasteiger partial charge in [-0.15, -0.1) is 0 Å². The Morgan fingerprint density at radius 3 is 2.23 bits per heavy atom. The quantitative estimate of drug-likeness (QED) is 0.665. The molecule has 0 radical (unpaired) electrons. The van der Waals surface area contributed by atoms with Crippen LogP contribution in [0.4, 0.5) is 0 Å². The lowest BCUT2D eigenvalue weighted by atomic mass is 10.1. The lowest BCUT2D eigenvalue weighted by Gasteiger charge is -2.09. The normalized spacial score (nSPS) is 12.5. The lowest BCUT2D eigenvalue weighted by molar-refractivity contribution is 0.101. The number of hydrogen-bond acceptors (Lipinski definition) is 2. The van der Waals surface area contributed by atoms with Gasteiger partial charge in [-0.3, -0.25) is 4.79 Å². The predicted octanol–water partition coefficient (Wildman–Crippen LogP) is 2.60. The van der Waals surface area contributed by atoms with Crippen LogP contribution in [0.15, 0.2) is 24.3 Å². The van der Waals surface area contributed by atoms with Crippen LogP contribution in [0.25, 0.3) is 0 Å². The maximum absolute atomic E-state index is 11.0. The van der Waals surface area contributed by atoms with Crippen LogP contribution in [0.2, 0.25) is 0 Å². The highest BCUT2D eigenvalue weighted by atomic mass is 16.5. The number of rotatable bonds is 3. The molecule has 0 amide bonds. The Bertz CT molecular complexity index is 287. The SMILES string of the molecule is CO[C@H](C)c1ccc(C(C)=O)cc1. The van der Waals surface area contributed by atoms with Crippen molar-refractivity contribution in [2.24, 2.45) is 0 Å². The molecule has 1 aromatic carbocycles. The highest BCUT2D eigenvalue weighted by molar-refractivity contribution is 5.93. The second-order valence-corrected chi connectivity index (χ2v) is 3.06. The molecule has 0 heterocycles. The topological polar surface area (TPSA) is 26.3 Å². The molecular formula is C11H14O2. The van der Waals surface area contributed by atoms with Gasteiger partial charge in [0.25, 0.3) is 0 Å². The van der Waals surface area contributed by atoms with E-state index in [1.54, 1.807) is 14.0 Å². The summed E-state index contributed by atoms with van der Waals surface area (Å²) in [4.78, 5) is 11.0. The van der Waals surface area contributed by atoms with Gasteiger partial charge in [0.05, 0.1) is 6.10 Å². The second kappa shape index (κ2) is 4.19. The van der Waals surface area contributed by atoms with E-state index in [-0.39, 0.29) is 11.9 Å². The number of methoxy groups -OCH3 is 1. The number of ketones is 1. The third-order valence-electron chi connectivity index (χ3n) is 2.14. The molecule has 0 aromatic heterocycles. The molecule has 1 atom stereocenters. The van der Waals surface area contributed by atoms with Crippen molar-refractivity contribution in [1.29, 1.82) is 0 Å². The molecule has 2 heteroatoms. The fourth-order valence-electron chi connectivity index (χ4n) is 1.12. The van der Waals surface area contributed by atoms with Crippen molar-refractivity contribution in [1.82, 2.24) is 0 Å². The zero-order valence-corrected chi connectivity index (χ0v) is 8.20. The van der Waals surface area contributed by atoms with E-state index in [0.717, 1.165) is 11.1 Å². The maximum Gasteiger partial charge on any atom is 0.159 e. The van der Waals surface area contributed by atoms with Crippen LogP contribution in [-0.4, -0.2) is 12.9 Å². The van der Waals surface area contributed by atoms with E-state index in [2.05, 4.69) is 0 Å². The summed E-state index contributed by atoms with van der Waals surface area (Å²) in [5.74, 6) is 0.0941. The summed E-state index contributed by atoms with van der Waals surface area (Å²) >= 11 is 0. The standard InChI is InChI=1S/C11H14O2/c1-8(12)10-4-6-11(7-5-10)9(2)13-3/h4-7,9H,1-3H3/t9-/m1/s1. The fourth-order valence-corrected chi connectivity index (χ4v) is 1.12. The highest BCUT2D eigenvalue weighted by Gasteiger charge is 2.04. The van der Waals surface area contributed by atoms with Crippen molar-refractivity contribution in [2.45, 2.75) is 20.0 Å². The monoisotopic (exact) mass is 178 g/mol. The van der Waals surface area contributed by atoms with Gasteiger partial charge in [-0.2, -0.15) is 0 Å². The molecule has 0 N–H and O–H groups in total. The first-order chi connectivity index (χ1) is 6.15. The summed E-state index contributed by atoms with van der Waals surface area (Å²) < 4.78 is 5.15. The Balaban J connectivity index is 2.87. The molecule has 0 spiro atoms. The van der Waals surface area contributed by atoms with E-state index in [1.807, 2.05) is 31.2 Å². The minimum atomic E-state index is 0.0843. The molecule has 0 aliphatic carbocycles. The van der Waals surface area contributed by atoms with Gasteiger partial charge in [-0.25, -0.2) is 0 Å². The number of hydrogen-bond donors (Lipinski definition) is 0. The van der Waals surface area contributed by atoms with Gasteiger partial charge >= 0.3 is 0 Å². The Kier molecular flexibility index (Phi) is 3.20. The zero-order chi connectivity index (χ0) is 9.84. The lowest BCUT2D eigenvalue weighted by Crippen LogP contribution is -1.97. The third kappa shape index (κ3) is 2.39. The summed E-state index contributed by atoms with van der Waals surface area (Å²) in [6.07, 6.45) is 0.0843. The van der Waals surface area contributed by atoms with Gasteiger partial charge in [0.15, 0.2) is 5.78 Å². The molecule has 2 nitrogen and oxygen atoms in total. The highest BCUT2D eigenvalue weighted by Crippen LogP contribution is 2.16. The van der Waals surface area contributed by atoms with Gasteiger partial charge < -0.3 is 4.74 Å². The van der Waals surface area contributed by atoms with Gasteiger partial charge in [0.1, 0.15) is 0 Å². The van der Waals surface area contributed by atoms with Crippen molar-refractivity contribution in [3.63, 3.8) is 0 Å². The van der Waals surface area contributed by atoms with Crippen LogP contribution < -0.4 is 0 Å². The smallest absolute Gasteiger partial charge is 0.159 e. The summed E-state index contributed by atoms with van der Waals surface area (Å²) in [7, 11) is 1.67. The van der Waals surface area contributed by atoms with Crippen molar-refractivity contribution in [2.75, 3.05) is 7.11 Å². The molecule has 70 valence electrons. The second-order valence-electron chi connectivity index (χ2n) is 3.06. The van der Waals surface area contributed by atoms with Crippen LogP contribution in [0.5, 0.6) is 0 Å². The number of ether oxygens (including phenoxy) is 1. The van der Waals surface area contributed by atoms with E-state index < -0.39 is 0 Å². The number of benzene rings is 1. The molecule has 0 saturated carbocycles. The van der Waals surface area contributed by atoms with Crippen molar-refractivity contribution in [3.05, 3.63) is 35.4 Å². The predicted molar refractivity (Wildman–Crippen MR) is 51.9 cm³/mol. The van der Waals surface area contributed by atoms with E-state index in [4.69, 9.17) is 4.74 Å². The Morgan fingerprint density at radius 2 is 1.85 bits per heavy atom. The van der Waals surface area contributed by atoms with Gasteiger partial charge in [-0.05, 0) is 19.4 Å². The molecule has 0 aliphatic heterocycles. The van der Waals surface area contributed by atoms with Crippen molar-refractivity contribution >= 4 is 5.78 Å². The summed E-state index contributed by atoms with van der Waals surface area (Å²) in [6.45, 7) is 3.54. The Morgan fingerprint density at radius 1 is 1.31 bits per heavy atom. The van der Waals surface area contributed by atoms with E-state index >= 15 is 0 Å². The first-order valence-electron chi connectivity index (χ1n) is 4.29. The summed E-state index contributed by atoms with van der Waals surface area (Å²) in [5.41, 5.74) is 1.83. The molecule has 0 bridgehead atoms. The zero-order valence-electron chi connectivity index (χ0n) is 8.20. The average Bonchev–Trinajstić information content (AvgIpc) is 2.17. The van der Waals surface area contributed by atoms with Gasteiger partial charge in [-0.1, -0.05) is 24.3 Å². The molecule has 0 aliphatic rings. The van der Waals surface area contributed by atoms with E-state index in [9.17, 15) is 4.79 Å². The van der Waals surface area contributed by atoms with Gasteiger partial charge in [0.2, 0.25) is 0 Å². The molecular weight excluding hydrogens is 164 g/mol. The number of carbonyl (C=O) groups excluding carboxylic acids is 1. The van der Waals surface area contributed by atoms with Crippen molar-refractivity contribution in [3.8, 4) is 0 Å². The fraction of sp³-hybridized carbons (Fsp3) is 0.364. The van der Waals surface area contributed by atoms with E-state index in [0.29, 0.717) is 0 Å². The molecule has 0 fully saturated rings. The molecule has 1 aromatic rings. The Hall–Kier alpha value is -1.15. The van der Waals surface area contributed by atoms with Crippen molar-refractivity contribution < 1.29 is 9.53 Å². The van der Waals surface area contributed by atoms with Gasteiger partial charge in [0, 0.05) is 12.7 Å². The molecule has 1 rings (SSSR count). The van der Waals surface area contributed by atoms with Crippen LogP contribution in [-0.2, 0) is 4.74 Å². The van der Waals surface area contributed by atoms with Crippen LogP contribution in [0, 0.1) is 0 Å². The Labute approximate surface area is 78.5 Å². The largest absolute Gasteiger partial charge is 0.377 e. The van der Waals surface area contributed by atoms with Crippen LogP contribution >= 0.6 is 0 Å². The third-order valence-corrected chi connectivity index (χ3v) is 2.14. The summed E-state index contributed by atoms with van der Waals surface area (Å²) in [5, 5.41) is 0. The maximum atomic E-state index is 11.0. The minimum Gasteiger partial charge on any atom is -0.377 e. The number of Topliss-reactive ketones (excluding diaryl/α,β-unsaturated/α-hetero) is 1. The molecule has 0 unspecified atom stereocenters. The average molecular weight is 178 g/mol. The summed E-state index contributed by atoms with van der Waals surface area (Å²) in [6, 6.07) is 7.50. The van der Waals surface area contributed by atoms with Crippen LogP contribution in [0.1, 0.15) is 35.9 Å². The van der Waals surface area contributed by atoms with E-state index in [1.165, 1.54) is 0 Å². The first-order valence-corrected chi connectivity index (χ1v) is 4.29. The minimum absolute atomic E-state index is 0.0843. The number of carbonyl (C=O) groups is 1. The van der Waals surface area contributed by atoms with Crippen LogP contribution in [0.3, 0.4) is 0 Å². The molecule has 0 saturated heterocycles. The molecule has 13 heavy (non-hydrogen) atoms.